The van der Waals surface area contributed by atoms with Crippen LogP contribution in [0, 0.1) is 0 Å². The molecule has 1 amide bonds. The van der Waals surface area contributed by atoms with E-state index in [1.807, 2.05) is 0 Å². The zero-order valence-electron chi connectivity index (χ0n) is 12.2. The van der Waals surface area contributed by atoms with Gasteiger partial charge in [-0.25, -0.2) is 0 Å². The van der Waals surface area contributed by atoms with Crippen molar-refractivity contribution in [3.8, 4) is 11.5 Å². The molecule has 0 aromatic heterocycles. The van der Waals surface area contributed by atoms with E-state index in [1.165, 1.54) is 0 Å². The standard InChI is InChI=1S/C15H23NO4/c1-16(10-4-3-5-11-17)15(18)12-20-14-8-6-13(19-2)7-9-14/h6-9,17H,3-5,10-12H2,1-2H3. The number of aliphatic hydroxyl groups excluding tert-OH is 1. The summed E-state index contributed by atoms with van der Waals surface area (Å²) >= 11 is 0. The van der Waals surface area contributed by atoms with Crippen molar-refractivity contribution < 1.29 is 19.4 Å². The van der Waals surface area contributed by atoms with Gasteiger partial charge in [-0.15, -0.1) is 0 Å². The molecule has 0 saturated carbocycles. The first-order valence-electron chi connectivity index (χ1n) is 6.79. The van der Waals surface area contributed by atoms with Crippen molar-refractivity contribution in [2.24, 2.45) is 0 Å². The lowest BCUT2D eigenvalue weighted by Gasteiger charge is -2.17. The fourth-order valence-electron chi connectivity index (χ4n) is 1.69. The summed E-state index contributed by atoms with van der Waals surface area (Å²) in [5.41, 5.74) is 0. The largest absolute Gasteiger partial charge is 0.497 e. The summed E-state index contributed by atoms with van der Waals surface area (Å²) in [5.74, 6) is 1.35. The summed E-state index contributed by atoms with van der Waals surface area (Å²) in [7, 11) is 3.36. The molecule has 0 spiro atoms. The average Bonchev–Trinajstić information content (AvgIpc) is 2.49. The molecule has 1 N–H and O–H groups in total. The zero-order chi connectivity index (χ0) is 14.8. The molecular weight excluding hydrogens is 258 g/mol. The number of ether oxygens (including phenoxy) is 2. The second kappa shape index (κ2) is 9.20. The number of likely N-dealkylation sites (N-methyl/N-ethyl adjacent to an activating group) is 1. The van der Waals surface area contributed by atoms with Gasteiger partial charge < -0.3 is 19.5 Å². The topological polar surface area (TPSA) is 59.0 Å². The van der Waals surface area contributed by atoms with Gasteiger partial charge in [-0.1, -0.05) is 0 Å². The molecular formula is C15H23NO4. The molecule has 0 bridgehead atoms. The first-order valence-corrected chi connectivity index (χ1v) is 6.79. The predicted molar refractivity (Wildman–Crippen MR) is 77.1 cm³/mol. The Labute approximate surface area is 120 Å². The van der Waals surface area contributed by atoms with Gasteiger partial charge in [0.05, 0.1) is 7.11 Å². The van der Waals surface area contributed by atoms with E-state index < -0.39 is 0 Å². The summed E-state index contributed by atoms with van der Waals surface area (Å²) in [6.07, 6.45) is 2.60. The van der Waals surface area contributed by atoms with Crippen molar-refractivity contribution in [2.75, 3.05) is 33.9 Å². The molecule has 5 heteroatoms. The Morgan fingerprint density at radius 3 is 2.40 bits per heavy atom. The van der Waals surface area contributed by atoms with E-state index in [2.05, 4.69) is 0 Å². The van der Waals surface area contributed by atoms with Crippen LogP contribution in [0.5, 0.6) is 11.5 Å². The Kier molecular flexibility index (Phi) is 7.50. The minimum Gasteiger partial charge on any atom is -0.497 e. The third-order valence-electron chi connectivity index (χ3n) is 3.00. The number of carbonyl (C=O) groups excluding carboxylic acids is 1. The zero-order valence-corrected chi connectivity index (χ0v) is 12.2. The maximum Gasteiger partial charge on any atom is 0.260 e. The highest BCUT2D eigenvalue weighted by Crippen LogP contribution is 2.16. The van der Waals surface area contributed by atoms with Gasteiger partial charge in [0.2, 0.25) is 0 Å². The number of rotatable bonds is 9. The van der Waals surface area contributed by atoms with Gasteiger partial charge in [-0.3, -0.25) is 4.79 Å². The van der Waals surface area contributed by atoms with Crippen molar-refractivity contribution in [3.05, 3.63) is 24.3 Å². The van der Waals surface area contributed by atoms with Crippen LogP contribution in [0.25, 0.3) is 0 Å². The third kappa shape index (κ3) is 5.93. The van der Waals surface area contributed by atoms with Gasteiger partial charge in [-0.05, 0) is 43.5 Å². The SMILES string of the molecule is COc1ccc(OCC(=O)N(C)CCCCCO)cc1. The van der Waals surface area contributed by atoms with Gasteiger partial charge in [0, 0.05) is 20.2 Å². The Morgan fingerprint density at radius 2 is 1.80 bits per heavy atom. The maximum atomic E-state index is 11.8. The van der Waals surface area contributed by atoms with Gasteiger partial charge >= 0.3 is 0 Å². The smallest absolute Gasteiger partial charge is 0.260 e. The number of unbranched alkanes of at least 4 members (excludes halogenated alkanes) is 2. The normalized spacial score (nSPS) is 10.2. The molecule has 1 aromatic carbocycles. The first-order chi connectivity index (χ1) is 9.67. The summed E-state index contributed by atoms with van der Waals surface area (Å²) in [4.78, 5) is 13.5. The molecule has 0 aliphatic rings. The first kappa shape index (κ1) is 16.3. The van der Waals surface area contributed by atoms with E-state index in [0.717, 1.165) is 25.0 Å². The van der Waals surface area contributed by atoms with Crippen molar-refractivity contribution in [3.63, 3.8) is 0 Å². The van der Waals surface area contributed by atoms with E-state index in [-0.39, 0.29) is 19.1 Å². The average molecular weight is 281 g/mol. The molecule has 0 heterocycles. The molecule has 0 aliphatic carbocycles. The molecule has 0 atom stereocenters. The second-order valence-electron chi connectivity index (χ2n) is 4.56. The lowest BCUT2D eigenvalue weighted by Crippen LogP contribution is -2.32. The molecule has 0 fully saturated rings. The highest BCUT2D eigenvalue weighted by atomic mass is 16.5. The third-order valence-corrected chi connectivity index (χ3v) is 3.00. The Hall–Kier alpha value is -1.75. The number of aliphatic hydroxyl groups is 1. The fraction of sp³-hybridized carbons (Fsp3) is 0.533. The minimum atomic E-state index is -0.0511. The lowest BCUT2D eigenvalue weighted by atomic mass is 10.2. The Morgan fingerprint density at radius 1 is 1.15 bits per heavy atom. The number of amides is 1. The van der Waals surface area contributed by atoms with Gasteiger partial charge in [-0.2, -0.15) is 0 Å². The molecule has 20 heavy (non-hydrogen) atoms. The Balaban J connectivity index is 2.27. The van der Waals surface area contributed by atoms with E-state index >= 15 is 0 Å². The molecule has 1 rings (SSSR count). The monoisotopic (exact) mass is 281 g/mol. The minimum absolute atomic E-state index is 0.0306. The molecule has 0 radical (unpaired) electrons. The molecule has 0 saturated heterocycles. The number of carbonyl (C=O) groups is 1. The molecule has 5 nitrogen and oxygen atoms in total. The van der Waals surface area contributed by atoms with Crippen LogP contribution in [0.15, 0.2) is 24.3 Å². The van der Waals surface area contributed by atoms with E-state index in [9.17, 15) is 4.79 Å². The number of methoxy groups -OCH3 is 1. The van der Waals surface area contributed by atoms with Crippen LogP contribution in [0.3, 0.4) is 0 Å². The summed E-state index contributed by atoms with van der Waals surface area (Å²) in [6.45, 7) is 0.922. The van der Waals surface area contributed by atoms with Crippen molar-refractivity contribution in [1.29, 1.82) is 0 Å². The number of hydrogen-bond donors (Lipinski definition) is 1. The Bertz CT molecular complexity index is 391. The predicted octanol–water partition coefficient (Wildman–Crippen LogP) is 1.70. The highest BCUT2D eigenvalue weighted by Gasteiger charge is 2.09. The molecule has 0 aliphatic heterocycles. The number of benzene rings is 1. The van der Waals surface area contributed by atoms with Crippen LogP contribution in [-0.2, 0) is 4.79 Å². The van der Waals surface area contributed by atoms with E-state index in [1.54, 1.807) is 43.3 Å². The summed E-state index contributed by atoms with van der Waals surface area (Å²) < 4.78 is 10.5. The van der Waals surface area contributed by atoms with Crippen LogP contribution >= 0.6 is 0 Å². The maximum absolute atomic E-state index is 11.8. The van der Waals surface area contributed by atoms with Gasteiger partial charge in [0.1, 0.15) is 11.5 Å². The highest BCUT2D eigenvalue weighted by molar-refractivity contribution is 5.77. The van der Waals surface area contributed by atoms with E-state index in [4.69, 9.17) is 14.6 Å². The molecule has 1 aromatic rings. The lowest BCUT2D eigenvalue weighted by molar-refractivity contribution is -0.132. The quantitative estimate of drug-likeness (QED) is 0.700. The fourth-order valence-corrected chi connectivity index (χ4v) is 1.69. The van der Waals surface area contributed by atoms with Crippen LogP contribution in [-0.4, -0.2) is 49.8 Å². The molecule has 112 valence electrons. The summed E-state index contributed by atoms with van der Waals surface area (Å²) in [6, 6.07) is 7.12. The van der Waals surface area contributed by atoms with Crippen molar-refractivity contribution >= 4 is 5.91 Å². The summed E-state index contributed by atoms with van der Waals surface area (Å²) in [5, 5.41) is 8.68. The van der Waals surface area contributed by atoms with Crippen LogP contribution in [0.4, 0.5) is 0 Å². The van der Waals surface area contributed by atoms with Gasteiger partial charge in [0.25, 0.3) is 5.91 Å². The van der Waals surface area contributed by atoms with Crippen molar-refractivity contribution in [2.45, 2.75) is 19.3 Å². The second-order valence-corrected chi connectivity index (χ2v) is 4.56. The van der Waals surface area contributed by atoms with Gasteiger partial charge in [0.15, 0.2) is 6.61 Å². The van der Waals surface area contributed by atoms with Crippen LogP contribution in [0.1, 0.15) is 19.3 Å². The molecule has 0 unspecified atom stereocenters. The van der Waals surface area contributed by atoms with E-state index in [0.29, 0.717) is 12.3 Å². The number of nitrogens with zero attached hydrogens (tertiary/aromatic N) is 1. The van der Waals surface area contributed by atoms with Crippen LogP contribution in [0.2, 0.25) is 0 Å². The number of hydrogen-bond acceptors (Lipinski definition) is 4. The van der Waals surface area contributed by atoms with Crippen molar-refractivity contribution in [1.82, 2.24) is 4.90 Å². The van der Waals surface area contributed by atoms with Crippen LogP contribution < -0.4 is 9.47 Å².